The first kappa shape index (κ1) is 18.8. The van der Waals surface area contributed by atoms with E-state index in [1.54, 1.807) is 5.38 Å². The molecule has 0 spiro atoms. The number of rotatable bonds is 5. The standard InChI is InChI=1S/C21H24N4O2S/c1-14-19(15(2)27-24-14)21-23-18(13-28-21)20(26)22-17-8-10-25(11-9-17)12-16-6-4-3-5-7-16/h3-7,13,17H,8-12H2,1-2H3,(H,22,26). The Kier molecular flexibility index (Phi) is 5.54. The van der Waals surface area contributed by atoms with Gasteiger partial charge in [0.2, 0.25) is 0 Å². The molecule has 28 heavy (non-hydrogen) atoms. The normalized spacial score (nSPS) is 15.6. The van der Waals surface area contributed by atoms with Gasteiger partial charge >= 0.3 is 0 Å². The summed E-state index contributed by atoms with van der Waals surface area (Å²) in [6.07, 6.45) is 1.92. The molecule has 0 aliphatic carbocycles. The molecule has 1 aliphatic rings. The largest absolute Gasteiger partial charge is 0.361 e. The molecule has 0 unspecified atom stereocenters. The van der Waals surface area contributed by atoms with Gasteiger partial charge < -0.3 is 9.84 Å². The summed E-state index contributed by atoms with van der Waals surface area (Å²) in [5.74, 6) is 0.625. The van der Waals surface area contributed by atoms with Crippen LogP contribution in [-0.4, -0.2) is 40.1 Å². The predicted octanol–water partition coefficient (Wildman–Crippen LogP) is 3.81. The Hall–Kier alpha value is -2.51. The number of nitrogens with zero attached hydrogens (tertiary/aromatic N) is 3. The maximum Gasteiger partial charge on any atom is 0.270 e. The van der Waals surface area contributed by atoms with E-state index in [-0.39, 0.29) is 11.9 Å². The first-order valence-corrected chi connectivity index (χ1v) is 10.4. The Balaban J connectivity index is 1.32. The van der Waals surface area contributed by atoms with Gasteiger partial charge in [-0.2, -0.15) is 0 Å². The molecule has 6 nitrogen and oxygen atoms in total. The maximum absolute atomic E-state index is 12.6. The molecule has 7 heteroatoms. The number of carbonyl (C=O) groups excluding carboxylic acids is 1. The van der Waals surface area contributed by atoms with Crippen molar-refractivity contribution in [3.63, 3.8) is 0 Å². The molecule has 146 valence electrons. The van der Waals surface area contributed by atoms with Crippen molar-refractivity contribution in [2.24, 2.45) is 0 Å². The summed E-state index contributed by atoms with van der Waals surface area (Å²) in [7, 11) is 0. The molecule has 1 aliphatic heterocycles. The molecule has 1 fully saturated rings. The van der Waals surface area contributed by atoms with E-state index in [1.807, 2.05) is 19.9 Å². The fourth-order valence-corrected chi connectivity index (χ4v) is 4.56. The van der Waals surface area contributed by atoms with Crippen molar-refractivity contribution >= 4 is 17.2 Å². The summed E-state index contributed by atoms with van der Waals surface area (Å²) in [6.45, 7) is 6.69. The van der Waals surface area contributed by atoms with Crippen LogP contribution in [0.25, 0.3) is 10.6 Å². The molecule has 0 saturated carbocycles. The Labute approximate surface area is 168 Å². The lowest BCUT2D eigenvalue weighted by molar-refractivity contribution is 0.0904. The van der Waals surface area contributed by atoms with Crippen LogP contribution in [0.1, 0.15) is 40.3 Å². The Morgan fingerprint density at radius 3 is 2.68 bits per heavy atom. The number of likely N-dealkylation sites (tertiary alicyclic amines) is 1. The third-order valence-electron chi connectivity index (χ3n) is 5.16. The van der Waals surface area contributed by atoms with Gasteiger partial charge in [-0.15, -0.1) is 11.3 Å². The minimum atomic E-state index is -0.101. The van der Waals surface area contributed by atoms with Crippen LogP contribution in [0, 0.1) is 13.8 Å². The number of thiazole rings is 1. The predicted molar refractivity (Wildman–Crippen MR) is 109 cm³/mol. The highest BCUT2D eigenvalue weighted by atomic mass is 32.1. The Morgan fingerprint density at radius 2 is 2.00 bits per heavy atom. The van der Waals surface area contributed by atoms with E-state index in [0.29, 0.717) is 5.69 Å². The lowest BCUT2D eigenvalue weighted by Crippen LogP contribution is -2.44. The van der Waals surface area contributed by atoms with Crippen molar-refractivity contribution in [3.8, 4) is 10.6 Å². The van der Waals surface area contributed by atoms with E-state index in [0.717, 1.165) is 54.5 Å². The molecule has 3 heterocycles. The highest BCUT2D eigenvalue weighted by Crippen LogP contribution is 2.29. The fourth-order valence-electron chi connectivity index (χ4n) is 3.62. The molecule has 0 bridgehead atoms. The number of hydrogen-bond donors (Lipinski definition) is 1. The van der Waals surface area contributed by atoms with Gasteiger partial charge in [0.05, 0.1) is 11.3 Å². The van der Waals surface area contributed by atoms with E-state index in [9.17, 15) is 4.79 Å². The second kappa shape index (κ2) is 8.24. The summed E-state index contributed by atoms with van der Waals surface area (Å²) in [5, 5.41) is 9.69. The van der Waals surface area contributed by atoms with Gasteiger partial charge in [0.1, 0.15) is 16.5 Å². The van der Waals surface area contributed by atoms with Crippen molar-refractivity contribution in [1.29, 1.82) is 0 Å². The number of benzene rings is 1. The lowest BCUT2D eigenvalue weighted by Gasteiger charge is -2.32. The van der Waals surface area contributed by atoms with Gasteiger partial charge in [0.25, 0.3) is 5.91 Å². The first-order valence-electron chi connectivity index (χ1n) is 9.56. The van der Waals surface area contributed by atoms with Crippen LogP contribution in [0.4, 0.5) is 0 Å². The number of hydrogen-bond acceptors (Lipinski definition) is 6. The van der Waals surface area contributed by atoms with Gasteiger partial charge in [-0.3, -0.25) is 9.69 Å². The van der Waals surface area contributed by atoms with Crippen LogP contribution in [0.3, 0.4) is 0 Å². The molecular formula is C21H24N4O2S. The third kappa shape index (κ3) is 4.15. The number of amides is 1. The molecule has 0 radical (unpaired) electrons. The van der Waals surface area contributed by atoms with E-state index in [4.69, 9.17) is 4.52 Å². The van der Waals surface area contributed by atoms with Gasteiger partial charge in [-0.05, 0) is 32.3 Å². The summed E-state index contributed by atoms with van der Waals surface area (Å²) < 4.78 is 5.21. The number of nitrogens with one attached hydrogen (secondary N) is 1. The molecule has 4 rings (SSSR count). The molecular weight excluding hydrogens is 372 g/mol. The monoisotopic (exact) mass is 396 g/mol. The van der Waals surface area contributed by atoms with Gasteiger partial charge in [0.15, 0.2) is 0 Å². The van der Waals surface area contributed by atoms with Crippen molar-refractivity contribution in [2.45, 2.75) is 39.3 Å². The SMILES string of the molecule is Cc1noc(C)c1-c1nc(C(=O)NC2CCN(Cc3ccccc3)CC2)cs1. The smallest absolute Gasteiger partial charge is 0.270 e. The second-order valence-electron chi connectivity index (χ2n) is 7.25. The van der Waals surface area contributed by atoms with Crippen molar-refractivity contribution in [3.05, 3.63) is 58.4 Å². The molecule has 0 atom stereocenters. The molecule has 1 N–H and O–H groups in total. The topological polar surface area (TPSA) is 71.3 Å². The van der Waals surface area contributed by atoms with E-state index < -0.39 is 0 Å². The zero-order chi connectivity index (χ0) is 19.5. The third-order valence-corrected chi connectivity index (χ3v) is 6.02. The number of aromatic nitrogens is 2. The zero-order valence-electron chi connectivity index (χ0n) is 16.1. The lowest BCUT2D eigenvalue weighted by atomic mass is 10.0. The number of aryl methyl sites for hydroxylation is 2. The van der Waals surface area contributed by atoms with Crippen LogP contribution in [0.5, 0.6) is 0 Å². The molecule has 2 aromatic heterocycles. The Morgan fingerprint density at radius 1 is 1.25 bits per heavy atom. The molecule has 1 aromatic carbocycles. The number of piperidine rings is 1. The maximum atomic E-state index is 12.6. The number of carbonyl (C=O) groups is 1. The van der Waals surface area contributed by atoms with Crippen molar-refractivity contribution in [2.75, 3.05) is 13.1 Å². The summed E-state index contributed by atoms with van der Waals surface area (Å²) in [6, 6.07) is 10.7. The van der Waals surface area contributed by atoms with Crippen LogP contribution >= 0.6 is 11.3 Å². The quantitative estimate of drug-likeness (QED) is 0.710. The molecule has 1 amide bonds. The van der Waals surface area contributed by atoms with E-state index in [1.165, 1.54) is 16.9 Å². The minimum absolute atomic E-state index is 0.101. The minimum Gasteiger partial charge on any atom is -0.361 e. The van der Waals surface area contributed by atoms with Gasteiger partial charge in [-0.25, -0.2) is 4.98 Å². The van der Waals surface area contributed by atoms with Gasteiger partial charge in [0, 0.05) is 31.1 Å². The van der Waals surface area contributed by atoms with E-state index in [2.05, 4.69) is 44.6 Å². The molecule has 1 saturated heterocycles. The average Bonchev–Trinajstić information content (AvgIpc) is 3.31. The summed E-state index contributed by atoms with van der Waals surface area (Å²) in [4.78, 5) is 19.6. The summed E-state index contributed by atoms with van der Waals surface area (Å²) >= 11 is 1.45. The summed E-state index contributed by atoms with van der Waals surface area (Å²) in [5.41, 5.74) is 3.48. The van der Waals surface area contributed by atoms with Crippen LogP contribution in [0.2, 0.25) is 0 Å². The Bertz CT molecular complexity index is 923. The van der Waals surface area contributed by atoms with Crippen LogP contribution in [0.15, 0.2) is 40.2 Å². The first-order chi connectivity index (χ1) is 13.6. The zero-order valence-corrected chi connectivity index (χ0v) is 17.0. The fraction of sp³-hybridized carbons (Fsp3) is 0.381. The van der Waals surface area contributed by atoms with E-state index >= 15 is 0 Å². The van der Waals surface area contributed by atoms with Gasteiger partial charge in [-0.1, -0.05) is 35.5 Å². The molecule has 3 aromatic rings. The van der Waals surface area contributed by atoms with Crippen LogP contribution < -0.4 is 5.32 Å². The highest BCUT2D eigenvalue weighted by Gasteiger charge is 2.23. The second-order valence-corrected chi connectivity index (χ2v) is 8.10. The van der Waals surface area contributed by atoms with Crippen LogP contribution in [-0.2, 0) is 6.54 Å². The van der Waals surface area contributed by atoms with Crippen molar-refractivity contribution < 1.29 is 9.32 Å². The highest BCUT2D eigenvalue weighted by molar-refractivity contribution is 7.13. The van der Waals surface area contributed by atoms with Crippen molar-refractivity contribution in [1.82, 2.24) is 20.4 Å². The average molecular weight is 397 g/mol.